The van der Waals surface area contributed by atoms with Gasteiger partial charge in [0, 0.05) is 26.1 Å². The monoisotopic (exact) mass is 607 g/mol. The fraction of sp³-hybridized carbons (Fsp3) is 0.278. The summed E-state index contributed by atoms with van der Waals surface area (Å²) in [5, 5.41) is 7.58. The van der Waals surface area contributed by atoms with E-state index in [1.54, 1.807) is 14.2 Å². The molecule has 0 bridgehead atoms. The zero-order chi connectivity index (χ0) is 30.8. The predicted octanol–water partition coefficient (Wildman–Crippen LogP) is 6.74. The van der Waals surface area contributed by atoms with E-state index in [2.05, 4.69) is 63.7 Å². The van der Waals surface area contributed by atoms with Gasteiger partial charge < -0.3 is 23.7 Å². The fourth-order valence-electron chi connectivity index (χ4n) is 5.37. The van der Waals surface area contributed by atoms with Gasteiger partial charge in [0.1, 0.15) is 12.4 Å². The molecular formula is C36H37N3O6. The highest BCUT2D eigenvalue weighted by Gasteiger charge is 2.20. The molecule has 0 unspecified atom stereocenters. The number of ether oxygens (including phenoxy) is 5. The van der Waals surface area contributed by atoms with E-state index < -0.39 is 0 Å². The van der Waals surface area contributed by atoms with Crippen LogP contribution in [0, 0.1) is 0 Å². The molecule has 0 N–H and O–H groups in total. The Morgan fingerprint density at radius 2 is 1.33 bits per heavy atom. The van der Waals surface area contributed by atoms with Gasteiger partial charge in [-0.2, -0.15) is 0 Å². The minimum absolute atomic E-state index is 0.239. The van der Waals surface area contributed by atoms with Gasteiger partial charge >= 0.3 is 11.8 Å². The summed E-state index contributed by atoms with van der Waals surface area (Å²) in [7, 11) is 3.37. The minimum atomic E-state index is 0.239. The van der Waals surface area contributed by atoms with E-state index in [-0.39, 0.29) is 11.8 Å². The topological polar surface area (TPSA) is 88.3 Å². The van der Waals surface area contributed by atoms with Crippen LogP contribution in [0.3, 0.4) is 0 Å². The Morgan fingerprint density at radius 1 is 0.689 bits per heavy atom. The van der Waals surface area contributed by atoms with Crippen LogP contribution >= 0.6 is 0 Å². The number of rotatable bonds is 14. The molecule has 232 valence electrons. The molecule has 1 aliphatic heterocycles. The first-order valence-corrected chi connectivity index (χ1v) is 15.1. The lowest BCUT2D eigenvalue weighted by molar-refractivity contribution is 0.221. The average Bonchev–Trinajstić information content (AvgIpc) is 3.55. The Balaban J connectivity index is 0.935. The number of benzene rings is 4. The van der Waals surface area contributed by atoms with E-state index >= 15 is 0 Å². The number of methoxy groups -OCH3 is 2. The summed E-state index contributed by atoms with van der Waals surface area (Å²) in [6.45, 7) is 4.07. The molecule has 4 aromatic carbocycles. The van der Waals surface area contributed by atoms with Crippen molar-refractivity contribution >= 4 is 0 Å². The highest BCUT2D eigenvalue weighted by Crippen LogP contribution is 2.34. The summed E-state index contributed by atoms with van der Waals surface area (Å²) in [6.07, 6.45) is 1.66. The van der Waals surface area contributed by atoms with Crippen LogP contribution in [-0.4, -0.2) is 49.2 Å². The average molecular weight is 608 g/mol. The molecule has 0 saturated carbocycles. The summed E-state index contributed by atoms with van der Waals surface area (Å²) >= 11 is 0. The largest absolute Gasteiger partial charge is 0.493 e. The molecule has 0 atom stereocenters. The van der Waals surface area contributed by atoms with Crippen LogP contribution < -0.4 is 23.7 Å². The lowest BCUT2D eigenvalue weighted by Gasteiger charge is -2.29. The third-order valence-electron chi connectivity index (χ3n) is 7.79. The zero-order valence-electron chi connectivity index (χ0n) is 25.6. The summed E-state index contributed by atoms with van der Waals surface area (Å²) in [5.41, 5.74) is 7.27. The summed E-state index contributed by atoms with van der Waals surface area (Å²) in [4.78, 5) is 2.47. The molecule has 0 radical (unpaired) electrons. The molecule has 1 aliphatic rings. The maximum absolute atomic E-state index is 5.92. The first-order chi connectivity index (χ1) is 22.2. The van der Waals surface area contributed by atoms with Gasteiger partial charge in [-0.15, -0.1) is 0 Å². The number of fused-ring (bicyclic) bond motifs is 1. The zero-order valence-corrected chi connectivity index (χ0v) is 25.6. The maximum Gasteiger partial charge on any atom is 0.320 e. The summed E-state index contributed by atoms with van der Waals surface area (Å²) in [5.74, 6) is 2.87. The SMILES string of the molecule is COc1cc2c(cc1OC)CN(Cc1ccc(-c3ccc(OCCCOc4nonc4OCc4ccccc4)cc3)cc1)CC2. The molecule has 2 heterocycles. The van der Waals surface area contributed by atoms with Gasteiger partial charge in [-0.3, -0.25) is 4.90 Å². The second kappa shape index (κ2) is 14.6. The second-order valence-corrected chi connectivity index (χ2v) is 10.9. The Hall–Kier alpha value is -5.02. The number of hydrogen-bond acceptors (Lipinski definition) is 9. The van der Waals surface area contributed by atoms with Crippen LogP contribution in [0.5, 0.6) is 29.0 Å². The highest BCUT2D eigenvalue weighted by atomic mass is 16.6. The van der Waals surface area contributed by atoms with Crippen molar-refractivity contribution in [2.24, 2.45) is 0 Å². The van der Waals surface area contributed by atoms with Crippen LogP contribution in [0.25, 0.3) is 11.1 Å². The van der Waals surface area contributed by atoms with Gasteiger partial charge in [-0.05, 0) is 74.4 Å². The van der Waals surface area contributed by atoms with Crippen LogP contribution in [0.2, 0.25) is 0 Å². The first-order valence-electron chi connectivity index (χ1n) is 15.1. The van der Waals surface area contributed by atoms with Crippen molar-refractivity contribution in [2.75, 3.05) is 34.0 Å². The van der Waals surface area contributed by atoms with E-state index in [1.165, 1.54) is 22.3 Å². The highest BCUT2D eigenvalue weighted by molar-refractivity contribution is 5.64. The van der Waals surface area contributed by atoms with Crippen molar-refractivity contribution in [1.82, 2.24) is 15.2 Å². The van der Waals surface area contributed by atoms with E-state index in [9.17, 15) is 0 Å². The van der Waals surface area contributed by atoms with Crippen molar-refractivity contribution in [2.45, 2.75) is 32.5 Å². The lowest BCUT2D eigenvalue weighted by atomic mass is 9.98. The van der Waals surface area contributed by atoms with E-state index in [4.69, 9.17) is 28.3 Å². The van der Waals surface area contributed by atoms with Crippen molar-refractivity contribution in [1.29, 1.82) is 0 Å². The third kappa shape index (κ3) is 7.74. The van der Waals surface area contributed by atoms with Gasteiger partial charge in [-0.25, -0.2) is 4.63 Å². The van der Waals surface area contributed by atoms with E-state index in [1.807, 2.05) is 42.5 Å². The minimum Gasteiger partial charge on any atom is -0.493 e. The molecule has 1 aromatic heterocycles. The van der Waals surface area contributed by atoms with Gasteiger partial charge in [0.25, 0.3) is 0 Å². The molecule has 0 fully saturated rings. The maximum atomic E-state index is 5.92. The fourth-order valence-corrected chi connectivity index (χ4v) is 5.37. The van der Waals surface area contributed by atoms with Crippen LogP contribution in [-0.2, 0) is 26.1 Å². The molecule has 0 aliphatic carbocycles. The van der Waals surface area contributed by atoms with Crippen LogP contribution in [0.4, 0.5) is 0 Å². The van der Waals surface area contributed by atoms with Crippen LogP contribution in [0.1, 0.15) is 28.7 Å². The molecule has 0 amide bonds. The first kappa shape index (κ1) is 30.0. The van der Waals surface area contributed by atoms with Crippen molar-refractivity contribution in [3.05, 3.63) is 113 Å². The predicted molar refractivity (Wildman–Crippen MR) is 170 cm³/mol. The Kier molecular flexibility index (Phi) is 9.77. The van der Waals surface area contributed by atoms with Crippen molar-refractivity contribution in [3.8, 4) is 40.1 Å². The molecule has 5 aromatic rings. The standard InChI is InChI=1S/C36H37N3O6/c1-40-33-21-30-17-18-39(24-31(30)22-34(33)41-2)23-26-9-11-28(12-10-26)29-13-15-32(16-14-29)42-19-6-20-43-35-36(38-45-37-35)44-25-27-7-4-3-5-8-27/h3-5,7-16,21-22H,6,17-20,23-25H2,1-2H3. The molecule has 9 heteroatoms. The summed E-state index contributed by atoms with van der Waals surface area (Å²) in [6, 6.07) is 31.0. The second-order valence-electron chi connectivity index (χ2n) is 10.9. The smallest absolute Gasteiger partial charge is 0.320 e. The number of aromatic nitrogens is 2. The molecule has 9 nitrogen and oxygen atoms in total. The quantitative estimate of drug-likeness (QED) is 0.127. The lowest BCUT2D eigenvalue weighted by Crippen LogP contribution is -2.30. The molecule has 0 saturated heterocycles. The molecule has 6 rings (SSSR count). The van der Waals surface area contributed by atoms with E-state index in [0.717, 1.165) is 54.4 Å². The Bertz CT molecular complexity index is 1660. The van der Waals surface area contributed by atoms with Gasteiger partial charge in [0.05, 0.1) is 27.4 Å². The van der Waals surface area contributed by atoms with E-state index in [0.29, 0.717) is 26.2 Å². The molecule has 0 spiro atoms. The van der Waals surface area contributed by atoms with Gasteiger partial charge in [-0.1, -0.05) is 66.7 Å². The summed E-state index contributed by atoms with van der Waals surface area (Å²) < 4.78 is 33.0. The van der Waals surface area contributed by atoms with Gasteiger partial charge in [0.15, 0.2) is 11.5 Å². The third-order valence-corrected chi connectivity index (χ3v) is 7.79. The Morgan fingerprint density at radius 3 is 2.04 bits per heavy atom. The van der Waals surface area contributed by atoms with Crippen molar-refractivity contribution in [3.63, 3.8) is 0 Å². The molecular weight excluding hydrogens is 570 g/mol. The number of nitrogens with zero attached hydrogens (tertiary/aromatic N) is 3. The normalized spacial score (nSPS) is 12.8. The van der Waals surface area contributed by atoms with Crippen LogP contribution in [0.15, 0.2) is 95.6 Å². The van der Waals surface area contributed by atoms with Crippen molar-refractivity contribution < 1.29 is 28.3 Å². The van der Waals surface area contributed by atoms with Gasteiger partial charge in [0.2, 0.25) is 0 Å². The Labute approximate surface area is 263 Å². The molecule has 45 heavy (non-hydrogen) atoms. The number of hydrogen-bond donors (Lipinski definition) is 0.